The molecule has 0 saturated carbocycles. The van der Waals surface area contributed by atoms with Crippen LogP contribution in [-0.4, -0.2) is 15.2 Å². The lowest BCUT2D eigenvalue weighted by Gasteiger charge is -2.13. The first kappa shape index (κ1) is 10.8. The number of benzene rings is 1. The van der Waals surface area contributed by atoms with Gasteiger partial charge in [0.15, 0.2) is 5.82 Å². The third-order valence-electron chi connectivity index (χ3n) is 3.02. The molecule has 3 rings (SSSR count). The fourth-order valence-electron chi connectivity index (χ4n) is 2.08. The largest absolute Gasteiger partial charge is 0.230 e. The van der Waals surface area contributed by atoms with Gasteiger partial charge in [-0.2, -0.15) is 5.10 Å². The van der Waals surface area contributed by atoms with Crippen LogP contribution in [0.25, 0.3) is 11.4 Å². The van der Waals surface area contributed by atoms with E-state index in [0.29, 0.717) is 0 Å². The lowest BCUT2D eigenvalue weighted by Crippen LogP contribution is -2.10. The monoisotopic (exact) mass is 289 g/mol. The van der Waals surface area contributed by atoms with Crippen molar-refractivity contribution < 1.29 is 0 Å². The van der Waals surface area contributed by atoms with Crippen LogP contribution in [-0.2, 0) is 12.8 Å². The lowest BCUT2D eigenvalue weighted by atomic mass is 10.0. The normalized spacial score (nSPS) is 14.4. The van der Waals surface area contributed by atoms with Gasteiger partial charge in [0.25, 0.3) is 0 Å². The van der Waals surface area contributed by atoms with Crippen LogP contribution in [0.5, 0.6) is 0 Å². The van der Waals surface area contributed by atoms with Gasteiger partial charge in [0, 0.05) is 10.0 Å². The number of hydrogen-bond acceptors (Lipinski definition) is 3. The number of rotatable bonds is 1. The maximum Gasteiger partial charge on any atom is 0.182 e. The Bertz CT molecular complexity index is 537. The Morgan fingerprint density at radius 1 is 0.882 bits per heavy atom. The summed E-state index contributed by atoms with van der Waals surface area (Å²) in [6.07, 6.45) is 4.48. The zero-order valence-corrected chi connectivity index (χ0v) is 10.9. The molecule has 17 heavy (non-hydrogen) atoms. The number of aryl methyl sites for hydroxylation is 2. The maximum atomic E-state index is 4.62. The molecule has 1 aromatic carbocycles. The van der Waals surface area contributed by atoms with Gasteiger partial charge in [0.2, 0.25) is 0 Å². The van der Waals surface area contributed by atoms with Crippen molar-refractivity contribution in [1.29, 1.82) is 0 Å². The fourth-order valence-corrected chi connectivity index (χ4v) is 2.35. The van der Waals surface area contributed by atoms with E-state index in [1.54, 1.807) is 0 Å². The van der Waals surface area contributed by atoms with E-state index in [1.807, 2.05) is 24.3 Å². The SMILES string of the molecule is Brc1ccc(-c2nnc3c(n2)CCCC3)cc1. The predicted octanol–water partition coefficient (Wildman–Crippen LogP) is 3.18. The summed E-state index contributed by atoms with van der Waals surface area (Å²) < 4.78 is 1.06. The Labute approximate surface area is 108 Å². The van der Waals surface area contributed by atoms with Gasteiger partial charge in [0.05, 0.1) is 11.4 Å². The van der Waals surface area contributed by atoms with Gasteiger partial charge in [0.1, 0.15) is 0 Å². The summed E-state index contributed by atoms with van der Waals surface area (Å²) in [6, 6.07) is 8.02. The average molecular weight is 290 g/mol. The molecule has 0 unspecified atom stereocenters. The molecule has 0 aliphatic heterocycles. The van der Waals surface area contributed by atoms with Gasteiger partial charge in [-0.15, -0.1) is 5.10 Å². The summed E-state index contributed by atoms with van der Waals surface area (Å²) in [5.74, 6) is 0.734. The van der Waals surface area contributed by atoms with Crippen molar-refractivity contribution in [3.63, 3.8) is 0 Å². The molecule has 1 aromatic heterocycles. The third-order valence-corrected chi connectivity index (χ3v) is 3.55. The molecular weight excluding hydrogens is 278 g/mol. The van der Waals surface area contributed by atoms with Crippen molar-refractivity contribution in [2.75, 3.05) is 0 Å². The van der Waals surface area contributed by atoms with Crippen LogP contribution < -0.4 is 0 Å². The van der Waals surface area contributed by atoms with E-state index < -0.39 is 0 Å². The van der Waals surface area contributed by atoms with E-state index in [1.165, 1.54) is 12.8 Å². The van der Waals surface area contributed by atoms with Crippen molar-refractivity contribution in [3.8, 4) is 11.4 Å². The van der Waals surface area contributed by atoms with Gasteiger partial charge in [-0.05, 0) is 37.8 Å². The summed E-state index contributed by atoms with van der Waals surface area (Å²) in [5.41, 5.74) is 3.23. The second-order valence-corrected chi connectivity index (χ2v) is 5.16. The standard InChI is InChI=1S/C13H12BrN3/c14-10-7-5-9(6-8-10)13-15-11-3-1-2-4-12(11)16-17-13/h5-8H,1-4H2. The van der Waals surface area contributed by atoms with E-state index in [0.717, 1.165) is 40.1 Å². The Kier molecular flexibility index (Phi) is 2.89. The summed E-state index contributed by atoms with van der Waals surface area (Å²) in [4.78, 5) is 4.62. The Morgan fingerprint density at radius 3 is 2.35 bits per heavy atom. The maximum absolute atomic E-state index is 4.62. The smallest absolute Gasteiger partial charge is 0.182 e. The minimum Gasteiger partial charge on any atom is -0.230 e. The van der Waals surface area contributed by atoms with Crippen LogP contribution in [0.1, 0.15) is 24.2 Å². The van der Waals surface area contributed by atoms with Gasteiger partial charge in [-0.25, -0.2) is 4.98 Å². The molecule has 4 heteroatoms. The molecule has 3 nitrogen and oxygen atoms in total. The summed E-state index contributed by atoms with van der Waals surface area (Å²) in [7, 11) is 0. The average Bonchev–Trinajstić information content (AvgIpc) is 2.39. The Balaban J connectivity index is 2.01. The molecule has 0 bridgehead atoms. The highest BCUT2D eigenvalue weighted by Gasteiger charge is 2.14. The first-order valence-electron chi connectivity index (χ1n) is 5.81. The van der Waals surface area contributed by atoms with Crippen molar-refractivity contribution in [3.05, 3.63) is 40.1 Å². The van der Waals surface area contributed by atoms with Crippen LogP contribution in [0.3, 0.4) is 0 Å². The highest BCUT2D eigenvalue weighted by Crippen LogP contribution is 2.21. The molecule has 0 spiro atoms. The number of nitrogens with zero attached hydrogens (tertiary/aromatic N) is 3. The van der Waals surface area contributed by atoms with E-state index in [9.17, 15) is 0 Å². The van der Waals surface area contributed by atoms with Gasteiger partial charge < -0.3 is 0 Å². The molecule has 86 valence electrons. The Hall–Kier alpha value is -1.29. The van der Waals surface area contributed by atoms with Crippen molar-refractivity contribution in [2.45, 2.75) is 25.7 Å². The molecule has 0 radical (unpaired) electrons. The van der Waals surface area contributed by atoms with Crippen molar-refractivity contribution in [1.82, 2.24) is 15.2 Å². The molecule has 1 aliphatic rings. The van der Waals surface area contributed by atoms with E-state index in [4.69, 9.17) is 0 Å². The molecule has 0 saturated heterocycles. The summed E-state index contributed by atoms with van der Waals surface area (Å²) in [6.45, 7) is 0. The zero-order chi connectivity index (χ0) is 11.7. The van der Waals surface area contributed by atoms with Gasteiger partial charge in [-0.1, -0.05) is 28.1 Å². The first-order chi connectivity index (χ1) is 8.33. The molecule has 0 fully saturated rings. The molecule has 2 aromatic rings. The minimum atomic E-state index is 0.734. The minimum absolute atomic E-state index is 0.734. The summed E-state index contributed by atoms with van der Waals surface area (Å²) in [5, 5.41) is 8.51. The van der Waals surface area contributed by atoms with Gasteiger partial charge >= 0.3 is 0 Å². The van der Waals surface area contributed by atoms with E-state index in [2.05, 4.69) is 31.1 Å². The predicted molar refractivity (Wildman–Crippen MR) is 69.6 cm³/mol. The van der Waals surface area contributed by atoms with Crippen LogP contribution in [0.4, 0.5) is 0 Å². The van der Waals surface area contributed by atoms with Crippen LogP contribution >= 0.6 is 15.9 Å². The molecule has 0 N–H and O–H groups in total. The van der Waals surface area contributed by atoms with Gasteiger partial charge in [-0.3, -0.25) is 0 Å². The van der Waals surface area contributed by atoms with Crippen LogP contribution in [0.15, 0.2) is 28.7 Å². The first-order valence-corrected chi connectivity index (χ1v) is 6.60. The lowest BCUT2D eigenvalue weighted by molar-refractivity contribution is 0.634. The number of halogens is 1. The van der Waals surface area contributed by atoms with E-state index >= 15 is 0 Å². The second kappa shape index (κ2) is 4.53. The second-order valence-electron chi connectivity index (χ2n) is 4.24. The third kappa shape index (κ3) is 2.22. The molecule has 1 aliphatic carbocycles. The quantitative estimate of drug-likeness (QED) is 0.809. The van der Waals surface area contributed by atoms with Crippen LogP contribution in [0, 0.1) is 0 Å². The molecule has 1 heterocycles. The fraction of sp³-hybridized carbons (Fsp3) is 0.308. The number of hydrogen-bond donors (Lipinski definition) is 0. The number of aromatic nitrogens is 3. The molecule has 0 atom stereocenters. The van der Waals surface area contributed by atoms with E-state index in [-0.39, 0.29) is 0 Å². The Morgan fingerprint density at radius 2 is 1.59 bits per heavy atom. The number of fused-ring (bicyclic) bond motifs is 1. The summed E-state index contributed by atoms with van der Waals surface area (Å²) >= 11 is 3.42. The highest BCUT2D eigenvalue weighted by molar-refractivity contribution is 9.10. The molecular formula is C13H12BrN3. The van der Waals surface area contributed by atoms with Crippen molar-refractivity contribution >= 4 is 15.9 Å². The topological polar surface area (TPSA) is 38.7 Å². The van der Waals surface area contributed by atoms with Crippen LogP contribution in [0.2, 0.25) is 0 Å². The van der Waals surface area contributed by atoms with Crippen molar-refractivity contribution in [2.24, 2.45) is 0 Å². The molecule has 0 amide bonds. The zero-order valence-electron chi connectivity index (χ0n) is 9.36. The highest BCUT2D eigenvalue weighted by atomic mass is 79.9.